The summed E-state index contributed by atoms with van der Waals surface area (Å²) in [6.07, 6.45) is 7.32. The van der Waals surface area contributed by atoms with Gasteiger partial charge in [0.1, 0.15) is 17.7 Å². The van der Waals surface area contributed by atoms with Crippen molar-refractivity contribution in [1.82, 2.24) is 40.4 Å². The van der Waals surface area contributed by atoms with E-state index in [0.717, 1.165) is 66.0 Å². The Morgan fingerprint density at radius 2 is 1.40 bits per heavy atom. The van der Waals surface area contributed by atoms with Crippen LogP contribution in [0, 0.1) is 29.6 Å². The highest BCUT2D eigenvalue weighted by Crippen LogP contribution is 2.57. The number of fused-ring (bicyclic) bond motifs is 6. The number of nitrogens with zero attached hydrogens (tertiary/aromatic N) is 4. The molecule has 0 spiro atoms. The SMILES string of the molecule is COC(=O)N[C@H](C(=O)N1C2CC2C[C@H]1c1ncc(-c2ccc(-c3ccc(-c4ccc5nc([C@@H]6CC7CC7N6C(=O)[C@@H](NC(O)OC)C(C)C)[nH]c5c4)c4c3C3CCC3C4)cc2)[nH]1)C(C)C. The second-order valence-electron chi connectivity index (χ2n) is 20.3. The number of methoxy groups -OCH3 is 2. The number of nitrogens with one attached hydrogen (secondary N) is 4. The second-order valence-corrected chi connectivity index (χ2v) is 20.3. The van der Waals surface area contributed by atoms with Crippen molar-refractivity contribution in [1.29, 1.82) is 0 Å². The summed E-state index contributed by atoms with van der Waals surface area (Å²) in [5.74, 6) is 3.51. The van der Waals surface area contributed by atoms with Crippen molar-refractivity contribution < 1.29 is 29.0 Å². The molecule has 65 heavy (non-hydrogen) atoms. The number of piperidine rings is 2. The molecule has 3 saturated carbocycles. The first-order chi connectivity index (χ1) is 31.4. The number of hydrogen-bond acceptors (Lipinski definition) is 9. The van der Waals surface area contributed by atoms with E-state index in [9.17, 15) is 19.5 Å². The summed E-state index contributed by atoms with van der Waals surface area (Å²) in [5.41, 5.74) is 11.7. The predicted molar refractivity (Wildman–Crippen MR) is 245 cm³/mol. The van der Waals surface area contributed by atoms with E-state index in [1.54, 1.807) is 0 Å². The molecule has 2 saturated heterocycles. The first-order valence-corrected chi connectivity index (χ1v) is 23.7. The van der Waals surface area contributed by atoms with Gasteiger partial charge in [0, 0.05) is 19.2 Å². The second kappa shape index (κ2) is 16.1. The lowest BCUT2D eigenvalue weighted by Crippen LogP contribution is -2.53. The van der Waals surface area contributed by atoms with Crippen molar-refractivity contribution in [2.45, 2.75) is 121 Å². The highest BCUT2D eigenvalue weighted by atomic mass is 16.6. The molecular formula is C51H60N8O6. The van der Waals surface area contributed by atoms with Crippen molar-refractivity contribution in [3.63, 3.8) is 0 Å². The highest BCUT2D eigenvalue weighted by Gasteiger charge is 2.57. The van der Waals surface area contributed by atoms with Crippen molar-refractivity contribution in [2.24, 2.45) is 29.6 Å². The quantitative estimate of drug-likeness (QED) is 0.0747. The van der Waals surface area contributed by atoms with E-state index in [1.165, 1.54) is 60.4 Å². The van der Waals surface area contributed by atoms with Crippen LogP contribution in [-0.2, 0) is 25.5 Å². The maximum atomic E-state index is 14.1. The molecule has 14 heteroatoms. The Morgan fingerprint density at radius 1 is 0.754 bits per heavy atom. The van der Waals surface area contributed by atoms with Gasteiger partial charge in [0.15, 0.2) is 0 Å². The van der Waals surface area contributed by atoms with Gasteiger partial charge in [-0.05, 0) is 132 Å². The van der Waals surface area contributed by atoms with Gasteiger partial charge >= 0.3 is 6.09 Å². The van der Waals surface area contributed by atoms with Crippen molar-refractivity contribution in [2.75, 3.05) is 14.2 Å². The number of aliphatic hydroxyl groups excluding tert-OH is 1. The monoisotopic (exact) mass is 880 g/mol. The third kappa shape index (κ3) is 7.23. The zero-order valence-electron chi connectivity index (χ0n) is 38.0. The van der Waals surface area contributed by atoms with Crippen molar-refractivity contribution in [3.05, 3.63) is 83.6 Å². The van der Waals surface area contributed by atoms with Crippen LogP contribution >= 0.6 is 0 Å². The minimum atomic E-state index is -1.22. The van der Waals surface area contributed by atoms with E-state index in [4.69, 9.17) is 19.4 Å². The van der Waals surface area contributed by atoms with E-state index in [2.05, 4.69) is 75.2 Å². The number of H-pyrrole nitrogens is 2. The van der Waals surface area contributed by atoms with Gasteiger partial charge in [0.2, 0.25) is 18.2 Å². The van der Waals surface area contributed by atoms with Crippen LogP contribution < -0.4 is 10.6 Å². The van der Waals surface area contributed by atoms with E-state index in [1.807, 2.05) is 43.7 Å². The maximum absolute atomic E-state index is 14.1. The van der Waals surface area contributed by atoms with Crippen LogP contribution in [0.3, 0.4) is 0 Å². The molecule has 340 valence electrons. The van der Waals surface area contributed by atoms with Crippen LogP contribution in [0.25, 0.3) is 44.5 Å². The van der Waals surface area contributed by atoms with Crippen LogP contribution in [-0.4, -0.2) is 97.6 Å². The number of benzene rings is 3. The molecule has 3 amide bonds. The normalized spacial score (nSPS) is 27.2. The van der Waals surface area contributed by atoms with E-state index in [0.29, 0.717) is 23.7 Å². The molecule has 3 aromatic carbocycles. The molecule has 5 N–H and O–H groups in total. The molecule has 0 bridgehead atoms. The van der Waals surface area contributed by atoms with Gasteiger partial charge < -0.3 is 39.7 Å². The van der Waals surface area contributed by atoms with E-state index >= 15 is 0 Å². The zero-order valence-corrected chi connectivity index (χ0v) is 38.0. The van der Waals surface area contributed by atoms with E-state index in [-0.39, 0.29) is 47.8 Å². The number of amides is 3. The summed E-state index contributed by atoms with van der Waals surface area (Å²) in [7, 11) is 2.73. The lowest BCUT2D eigenvalue weighted by atomic mass is 9.73. The van der Waals surface area contributed by atoms with Gasteiger partial charge in [0.25, 0.3) is 0 Å². The van der Waals surface area contributed by atoms with Crippen LogP contribution in [0.4, 0.5) is 4.79 Å². The Morgan fingerprint density at radius 3 is 2.05 bits per heavy atom. The summed E-state index contributed by atoms with van der Waals surface area (Å²) in [6.45, 7) is 7.84. The number of rotatable bonds is 13. The van der Waals surface area contributed by atoms with Crippen molar-refractivity contribution >= 4 is 28.9 Å². The third-order valence-corrected chi connectivity index (χ3v) is 15.7. The Balaban J connectivity index is 0.837. The van der Waals surface area contributed by atoms with Gasteiger partial charge in [-0.2, -0.15) is 0 Å². The van der Waals surface area contributed by atoms with E-state index < -0.39 is 24.6 Å². The average molecular weight is 881 g/mol. The summed E-state index contributed by atoms with van der Waals surface area (Å²) in [5, 5.41) is 15.9. The molecule has 11 atom stereocenters. The fraction of sp³-hybridized carbons (Fsp3) is 0.510. The number of imidazole rings is 2. The van der Waals surface area contributed by atoms with Crippen LogP contribution in [0.1, 0.15) is 107 Å². The highest BCUT2D eigenvalue weighted by molar-refractivity contribution is 5.88. The number of likely N-dealkylation sites (tertiary alicyclic amines) is 2. The lowest BCUT2D eigenvalue weighted by Gasteiger charge is -2.33. The number of alkyl carbamates (subject to hydrolysis) is 1. The van der Waals surface area contributed by atoms with Crippen LogP contribution in [0.5, 0.6) is 0 Å². The minimum Gasteiger partial charge on any atom is -0.453 e. The van der Waals surface area contributed by atoms with Crippen molar-refractivity contribution in [3.8, 4) is 33.5 Å². The van der Waals surface area contributed by atoms with Gasteiger partial charge in [-0.3, -0.25) is 14.9 Å². The molecule has 5 fully saturated rings. The first kappa shape index (κ1) is 42.1. The Labute approximate surface area is 379 Å². The number of carbonyl (C=O) groups is 3. The van der Waals surface area contributed by atoms with Gasteiger partial charge in [-0.1, -0.05) is 70.2 Å². The molecule has 14 nitrogen and oxygen atoms in total. The van der Waals surface area contributed by atoms with Gasteiger partial charge in [-0.15, -0.1) is 0 Å². The first-order valence-electron chi connectivity index (χ1n) is 23.7. The molecule has 5 aromatic rings. The Kier molecular flexibility index (Phi) is 10.4. The fourth-order valence-corrected chi connectivity index (χ4v) is 11.9. The summed E-state index contributed by atoms with van der Waals surface area (Å²) < 4.78 is 9.88. The van der Waals surface area contributed by atoms with Gasteiger partial charge in [-0.25, -0.2) is 14.8 Å². The zero-order chi connectivity index (χ0) is 45.0. The largest absolute Gasteiger partial charge is 0.453 e. The summed E-state index contributed by atoms with van der Waals surface area (Å²) in [6, 6.07) is 18.7. The molecule has 7 unspecified atom stereocenters. The van der Waals surface area contributed by atoms with Crippen LogP contribution in [0.2, 0.25) is 0 Å². The number of carbonyl (C=O) groups excluding carboxylic acids is 3. The molecule has 4 heterocycles. The molecular weight excluding hydrogens is 821 g/mol. The van der Waals surface area contributed by atoms with Gasteiger partial charge in [0.05, 0.1) is 48.2 Å². The maximum Gasteiger partial charge on any atom is 0.407 e. The predicted octanol–water partition coefficient (Wildman–Crippen LogP) is 7.58. The average Bonchev–Trinajstić information content (AvgIpc) is 3.83. The molecule has 4 aliphatic carbocycles. The number of ether oxygens (including phenoxy) is 2. The molecule has 11 rings (SSSR count). The minimum absolute atomic E-state index is 0.0208. The Bertz CT molecular complexity index is 2670. The molecule has 0 radical (unpaired) electrons. The molecule has 2 aliphatic heterocycles. The molecule has 6 aliphatic rings. The summed E-state index contributed by atoms with van der Waals surface area (Å²) in [4.78, 5) is 61.2. The lowest BCUT2D eigenvalue weighted by molar-refractivity contribution is -0.146. The smallest absolute Gasteiger partial charge is 0.407 e. The number of hydrogen-bond donors (Lipinski definition) is 5. The molecule has 2 aromatic heterocycles. The number of aromatic amines is 2. The number of aliphatic hydroxyl groups is 1. The standard InChI is InChI=1S/C51H60N8O6/c1-24(2)44(56-50(62)64-5)48(60)58-39-19-30(39)21-41(58)46-52-23-38(55-46)27-9-7-26(8-10-27)33-15-14-32(35-17-28-11-13-34(28)43(33)35)29-12-16-36-37(18-29)54-47(53-36)42-22-31-20-40(31)59(42)49(61)45(25(3)4)57-51(63)65-6/h7-10,12,14-16,18,23-25,28,30-31,34,39-42,44-45,51,57,63H,11,13,17,19-22H2,1-6H3,(H,52,55)(H,53,54)(H,56,62)/t28?,30?,31?,34?,39?,40?,41-,42-,44-,45-,51?/m0/s1. The third-order valence-electron chi connectivity index (χ3n) is 15.7. The topological polar surface area (TPSA) is 178 Å². The Hall–Kier alpha value is -5.57. The van der Waals surface area contributed by atoms with Crippen LogP contribution in [0.15, 0.2) is 60.8 Å². The fourth-order valence-electron chi connectivity index (χ4n) is 11.9. The number of aromatic nitrogens is 4. The summed E-state index contributed by atoms with van der Waals surface area (Å²) >= 11 is 0.